The van der Waals surface area contributed by atoms with Crippen molar-refractivity contribution >= 4 is 11.6 Å². The molecule has 1 aromatic rings. The zero-order valence-corrected chi connectivity index (χ0v) is 9.47. The third kappa shape index (κ3) is 2.54. The van der Waals surface area contributed by atoms with Crippen LogP contribution in [0.4, 0.5) is 5.69 Å². The second kappa shape index (κ2) is 5.11. The highest BCUT2D eigenvalue weighted by atomic mass is 16.3. The highest BCUT2D eigenvalue weighted by Crippen LogP contribution is 2.18. The number of likely N-dealkylation sites (tertiary alicyclic amines) is 1. The third-order valence-corrected chi connectivity index (χ3v) is 2.89. The summed E-state index contributed by atoms with van der Waals surface area (Å²) in [6.45, 7) is 1.03. The number of nitrogen functional groups attached to an aromatic ring is 1. The Bertz CT molecular complexity index is 410. The van der Waals surface area contributed by atoms with E-state index in [4.69, 9.17) is 5.84 Å². The Morgan fingerprint density at radius 1 is 1.65 bits per heavy atom. The van der Waals surface area contributed by atoms with Crippen molar-refractivity contribution in [3.05, 3.63) is 24.0 Å². The first-order chi connectivity index (χ1) is 8.22. The van der Waals surface area contributed by atoms with E-state index in [1.165, 1.54) is 6.20 Å². The minimum atomic E-state index is -0.432. The molecule has 2 heterocycles. The summed E-state index contributed by atoms with van der Waals surface area (Å²) in [6, 6.07) is 1.65. The molecule has 1 saturated heterocycles. The van der Waals surface area contributed by atoms with Gasteiger partial charge in [0.2, 0.25) is 0 Å². The van der Waals surface area contributed by atoms with E-state index in [9.17, 15) is 9.90 Å². The highest BCUT2D eigenvalue weighted by molar-refractivity contribution is 5.99. The number of hydrazine groups is 1. The normalized spacial score (nSPS) is 20.1. The molecule has 1 unspecified atom stereocenters. The van der Waals surface area contributed by atoms with Crippen LogP contribution in [0.15, 0.2) is 18.5 Å². The summed E-state index contributed by atoms with van der Waals surface area (Å²) in [7, 11) is 0. The van der Waals surface area contributed by atoms with Crippen molar-refractivity contribution in [2.24, 2.45) is 5.84 Å². The van der Waals surface area contributed by atoms with Crippen molar-refractivity contribution < 1.29 is 9.90 Å². The van der Waals surface area contributed by atoms with Gasteiger partial charge in [0.05, 0.1) is 17.4 Å². The maximum Gasteiger partial charge on any atom is 0.257 e. The van der Waals surface area contributed by atoms with E-state index < -0.39 is 6.10 Å². The molecule has 1 amide bonds. The number of hydrogen-bond donors (Lipinski definition) is 3. The molecule has 17 heavy (non-hydrogen) atoms. The summed E-state index contributed by atoms with van der Waals surface area (Å²) in [5.41, 5.74) is 3.46. The lowest BCUT2D eigenvalue weighted by Crippen LogP contribution is -2.42. The molecule has 6 nitrogen and oxygen atoms in total. The minimum Gasteiger partial charge on any atom is -0.391 e. The van der Waals surface area contributed by atoms with Crippen LogP contribution >= 0.6 is 0 Å². The summed E-state index contributed by atoms with van der Waals surface area (Å²) < 4.78 is 0. The van der Waals surface area contributed by atoms with Crippen LogP contribution in [-0.4, -0.2) is 40.1 Å². The van der Waals surface area contributed by atoms with Crippen molar-refractivity contribution in [1.29, 1.82) is 0 Å². The van der Waals surface area contributed by atoms with Gasteiger partial charge in [-0.1, -0.05) is 0 Å². The van der Waals surface area contributed by atoms with Crippen LogP contribution in [-0.2, 0) is 0 Å². The molecule has 1 aliphatic heterocycles. The molecule has 0 spiro atoms. The number of nitrogens with one attached hydrogen (secondary N) is 1. The number of nitrogens with two attached hydrogens (primary N) is 1. The smallest absolute Gasteiger partial charge is 0.257 e. The highest BCUT2D eigenvalue weighted by Gasteiger charge is 2.24. The van der Waals surface area contributed by atoms with Gasteiger partial charge in [0.1, 0.15) is 0 Å². The van der Waals surface area contributed by atoms with E-state index in [1.807, 2.05) is 0 Å². The summed E-state index contributed by atoms with van der Waals surface area (Å²) in [5.74, 6) is 5.20. The van der Waals surface area contributed by atoms with Gasteiger partial charge < -0.3 is 15.4 Å². The number of aliphatic hydroxyl groups excluding tert-OH is 1. The van der Waals surface area contributed by atoms with Crippen LogP contribution in [0.5, 0.6) is 0 Å². The van der Waals surface area contributed by atoms with Crippen LogP contribution in [0.2, 0.25) is 0 Å². The number of aliphatic hydroxyl groups is 1. The van der Waals surface area contributed by atoms with Gasteiger partial charge >= 0.3 is 0 Å². The first-order valence-corrected chi connectivity index (χ1v) is 5.60. The summed E-state index contributed by atoms with van der Waals surface area (Å²) in [5, 5.41) is 9.55. The number of pyridine rings is 1. The molecule has 0 aromatic carbocycles. The average molecular weight is 236 g/mol. The lowest BCUT2D eigenvalue weighted by molar-refractivity contribution is 0.0474. The van der Waals surface area contributed by atoms with Gasteiger partial charge in [0, 0.05) is 25.5 Å². The molecule has 0 radical (unpaired) electrons. The molecule has 4 N–H and O–H groups in total. The van der Waals surface area contributed by atoms with Crippen LogP contribution in [0.1, 0.15) is 23.2 Å². The lowest BCUT2D eigenvalue weighted by atomic mass is 10.1. The van der Waals surface area contributed by atoms with E-state index in [2.05, 4.69) is 10.4 Å². The fourth-order valence-electron chi connectivity index (χ4n) is 2.00. The Hall–Kier alpha value is -1.66. The van der Waals surface area contributed by atoms with Gasteiger partial charge in [0.15, 0.2) is 0 Å². The number of piperidine rings is 1. The van der Waals surface area contributed by atoms with Gasteiger partial charge in [-0.3, -0.25) is 15.6 Å². The van der Waals surface area contributed by atoms with Gasteiger partial charge in [-0.25, -0.2) is 0 Å². The topological polar surface area (TPSA) is 91.5 Å². The molecule has 6 heteroatoms. The molecule has 0 aliphatic carbocycles. The molecular weight excluding hydrogens is 220 g/mol. The minimum absolute atomic E-state index is 0.148. The number of nitrogens with zero attached hydrogens (tertiary/aromatic N) is 2. The fourth-order valence-corrected chi connectivity index (χ4v) is 2.00. The Kier molecular flexibility index (Phi) is 3.55. The number of anilines is 1. The van der Waals surface area contributed by atoms with Crippen molar-refractivity contribution in [3.63, 3.8) is 0 Å². The monoisotopic (exact) mass is 236 g/mol. The number of β-amino-alcohol motifs (C(OH)–C–C–N with tert-alkyl or cyclic N) is 1. The van der Waals surface area contributed by atoms with Crippen LogP contribution < -0.4 is 11.3 Å². The maximum atomic E-state index is 12.2. The van der Waals surface area contributed by atoms with Gasteiger partial charge in [-0.15, -0.1) is 0 Å². The number of rotatable bonds is 2. The number of amides is 1. The summed E-state index contributed by atoms with van der Waals surface area (Å²) in [6.07, 6.45) is 4.19. The first kappa shape index (κ1) is 11.8. The Morgan fingerprint density at radius 3 is 3.18 bits per heavy atom. The van der Waals surface area contributed by atoms with Crippen molar-refractivity contribution in [3.8, 4) is 0 Å². The predicted molar refractivity (Wildman–Crippen MR) is 63.2 cm³/mol. The summed E-state index contributed by atoms with van der Waals surface area (Å²) >= 11 is 0. The van der Waals surface area contributed by atoms with Gasteiger partial charge in [0.25, 0.3) is 5.91 Å². The van der Waals surface area contributed by atoms with Crippen molar-refractivity contribution in [2.45, 2.75) is 18.9 Å². The lowest BCUT2D eigenvalue weighted by Gasteiger charge is -2.30. The van der Waals surface area contributed by atoms with E-state index in [1.54, 1.807) is 17.2 Å². The number of hydrogen-bond acceptors (Lipinski definition) is 5. The third-order valence-electron chi connectivity index (χ3n) is 2.89. The van der Waals surface area contributed by atoms with Crippen LogP contribution in [0, 0.1) is 0 Å². The van der Waals surface area contributed by atoms with E-state index >= 15 is 0 Å². The Balaban J connectivity index is 2.18. The second-order valence-corrected chi connectivity index (χ2v) is 4.11. The summed E-state index contributed by atoms with van der Waals surface area (Å²) in [4.78, 5) is 17.8. The largest absolute Gasteiger partial charge is 0.391 e. The van der Waals surface area contributed by atoms with E-state index in [0.717, 1.165) is 12.8 Å². The second-order valence-electron chi connectivity index (χ2n) is 4.11. The molecule has 1 aliphatic rings. The quantitative estimate of drug-likeness (QED) is 0.495. The molecule has 2 rings (SSSR count). The average Bonchev–Trinajstić information content (AvgIpc) is 2.38. The number of carbonyl (C=O) groups excluding carboxylic acids is 1. The van der Waals surface area contributed by atoms with Gasteiger partial charge in [-0.2, -0.15) is 0 Å². The molecule has 1 aromatic heterocycles. The number of aromatic nitrogens is 1. The maximum absolute atomic E-state index is 12.2. The molecule has 92 valence electrons. The Labute approximate surface area is 99.4 Å². The Morgan fingerprint density at radius 2 is 2.47 bits per heavy atom. The molecular formula is C11H16N4O2. The molecule has 0 saturated carbocycles. The fraction of sp³-hybridized carbons (Fsp3) is 0.455. The van der Waals surface area contributed by atoms with E-state index in [0.29, 0.717) is 24.3 Å². The zero-order chi connectivity index (χ0) is 12.3. The first-order valence-electron chi connectivity index (χ1n) is 5.60. The molecule has 1 atom stereocenters. The molecule has 1 fully saturated rings. The van der Waals surface area contributed by atoms with Crippen molar-refractivity contribution in [2.75, 3.05) is 18.5 Å². The number of carbonyl (C=O) groups is 1. The SMILES string of the molecule is NNc1ccncc1C(=O)N1CCCC(O)C1. The van der Waals surface area contributed by atoms with E-state index in [-0.39, 0.29) is 5.91 Å². The standard InChI is InChI=1S/C11H16N4O2/c12-14-10-3-4-13-6-9(10)11(17)15-5-1-2-8(16)7-15/h3-4,6,8,16H,1-2,5,7,12H2,(H,13,14). The zero-order valence-electron chi connectivity index (χ0n) is 9.47. The van der Waals surface area contributed by atoms with Crippen LogP contribution in [0.25, 0.3) is 0 Å². The van der Waals surface area contributed by atoms with Crippen LogP contribution in [0.3, 0.4) is 0 Å². The van der Waals surface area contributed by atoms with Gasteiger partial charge in [-0.05, 0) is 18.9 Å². The van der Waals surface area contributed by atoms with Crippen molar-refractivity contribution in [1.82, 2.24) is 9.88 Å². The predicted octanol–water partition coefficient (Wildman–Crippen LogP) is -0.0359. The molecule has 0 bridgehead atoms.